The Bertz CT molecular complexity index is 917. The first-order valence-corrected chi connectivity index (χ1v) is 13.3. The fourth-order valence-electron chi connectivity index (χ4n) is 4.59. The molecule has 0 bridgehead atoms. The van der Waals surface area contributed by atoms with Gasteiger partial charge in [-0.1, -0.05) is 12.1 Å². The Labute approximate surface area is 196 Å². The molecule has 3 aliphatic rings. The topological polar surface area (TPSA) is 90.5 Å². The average Bonchev–Trinajstić information content (AvgIpc) is 3.39. The summed E-state index contributed by atoms with van der Waals surface area (Å²) in [5, 5.41) is 0. The van der Waals surface area contributed by atoms with Gasteiger partial charge in [0, 0.05) is 58.8 Å². The molecule has 9 nitrogen and oxygen atoms in total. The van der Waals surface area contributed by atoms with E-state index in [1.54, 1.807) is 24.3 Å². The number of benzene rings is 1. The number of morpholine rings is 1. The van der Waals surface area contributed by atoms with E-state index < -0.39 is 10.0 Å². The summed E-state index contributed by atoms with van der Waals surface area (Å²) in [5.41, 5.74) is 0.944. The Morgan fingerprint density at radius 1 is 0.788 bits per heavy atom. The molecular formula is C23H34N4O5S. The summed E-state index contributed by atoms with van der Waals surface area (Å²) >= 11 is 0. The highest BCUT2D eigenvalue weighted by Crippen LogP contribution is 2.18. The molecule has 3 heterocycles. The summed E-state index contributed by atoms with van der Waals surface area (Å²) in [6.45, 7) is 6.50. The van der Waals surface area contributed by atoms with E-state index in [-0.39, 0.29) is 16.7 Å². The standard InChI is InChI=1S/C23H34N4O5S/c28-22(26-13-11-24(12-14-26)19-23(29)25-9-1-2-10-25)8-5-20-3-6-21(7-4-20)33(30,31)27-15-17-32-18-16-27/h3-4,6-7H,1-2,5,8-19H2. The van der Waals surface area contributed by atoms with Crippen molar-refractivity contribution in [3.8, 4) is 0 Å². The number of hydrogen-bond acceptors (Lipinski definition) is 6. The van der Waals surface area contributed by atoms with Crippen LogP contribution in [0.3, 0.4) is 0 Å². The number of sulfonamides is 1. The minimum atomic E-state index is -3.50. The lowest BCUT2D eigenvalue weighted by atomic mass is 10.1. The molecule has 0 aromatic heterocycles. The van der Waals surface area contributed by atoms with Crippen molar-refractivity contribution < 1.29 is 22.7 Å². The van der Waals surface area contributed by atoms with Crippen LogP contribution in [-0.2, 0) is 30.8 Å². The third-order valence-electron chi connectivity index (χ3n) is 6.70. The highest BCUT2D eigenvalue weighted by molar-refractivity contribution is 7.89. The van der Waals surface area contributed by atoms with E-state index in [0.29, 0.717) is 58.8 Å². The van der Waals surface area contributed by atoms with Crippen molar-refractivity contribution in [2.45, 2.75) is 30.6 Å². The molecule has 0 saturated carbocycles. The van der Waals surface area contributed by atoms with Gasteiger partial charge in [0.15, 0.2) is 0 Å². The molecule has 182 valence electrons. The lowest BCUT2D eigenvalue weighted by molar-refractivity contribution is -0.134. The Balaban J connectivity index is 1.21. The molecule has 3 fully saturated rings. The molecule has 10 heteroatoms. The lowest BCUT2D eigenvalue weighted by Crippen LogP contribution is -2.51. The highest BCUT2D eigenvalue weighted by atomic mass is 32.2. The Hall–Kier alpha value is -2.01. The second kappa shape index (κ2) is 10.9. The summed E-state index contributed by atoms with van der Waals surface area (Å²) in [5.74, 6) is 0.303. The van der Waals surface area contributed by atoms with Crippen molar-refractivity contribution in [1.29, 1.82) is 0 Å². The van der Waals surface area contributed by atoms with Crippen LogP contribution in [0.25, 0.3) is 0 Å². The number of likely N-dealkylation sites (tertiary alicyclic amines) is 1. The van der Waals surface area contributed by atoms with E-state index in [1.807, 2.05) is 9.80 Å². The number of nitrogens with zero attached hydrogens (tertiary/aromatic N) is 4. The van der Waals surface area contributed by atoms with Gasteiger partial charge in [-0.25, -0.2) is 8.42 Å². The van der Waals surface area contributed by atoms with Crippen LogP contribution in [0, 0.1) is 0 Å². The summed E-state index contributed by atoms with van der Waals surface area (Å²) in [4.78, 5) is 31.2. The second-order valence-corrected chi connectivity index (χ2v) is 10.8. The maximum Gasteiger partial charge on any atom is 0.243 e. The van der Waals surface area contributed by atoms with Gasteiger partial charge < -0.3 is 14.5 Å². The van der Waals surface area contributed by atoms with Crippen LogP contribution in [-0.4, -0.2) is 111 Å². The van der Waals surface area contributed by atoms with E-state index in [4.69, 9.17) is 4.74 Å². The summed E-state index contributed by atoms with van der Waals surface area (Å²) in [6, 6.07) is 6.84. The zero-order valence-electron chi connectivity index (χ0n) is 19.2. The first-order chi connectivity index (χ1) is 15.9. The highest BCUT2D eigenvalue weighted by Gasteiger charge is 2.27. The molecule has 4 rings (SSSR count). The number of rotatable bonds is 7. The second-order valence-electron chi connectivity index (χ2n) is 8.91. The number of ether oxygens (including phenoxy) is 1. The maximum absolute atomic E-state index is 12.7. The van der Waals surface area contributed by atoms with Crippen molar-refractivity contribution >= 4 is 21.8 Å². The van der Waals surface area contributed by atoms with Crippen LogP contribution in [0.4, 0.5) is 0 Å². The minimum absolute atomic E-state index is 0.102. The normalized spacial score (nSPS) is 20.8. The van der Waals surface area contributed by atoms with E-state index in [1.165, 1.54) is 4.31 Å². The minimum Gasteiger partial charge on any atom is -0.379 e. The van der Waals surface area contributed by atoms with Crippen LogP contribution in [0.1, 0.15) is 24.8 Å². The largest absolute Gasteiger partial charge is 0.379 e. The fourth-order valence-corrected chi connectivity index (χ4v) is 5.99. The van der Waals surface area contributed by atoms with Crippen molar-refractivity contribution in [2.24, 2.45) is 0 Å². The van der Waals surface area contributed by atoms with Crippen molar-refractivity contribution in [2.75, 3.05) is 72.1 Å². The molecule has 0 N–H and O–H groups in total. The molecule has 2 amide bonds. The average molecular weight is 479 g/mol. The summed E-state index contributed by atoms with van der Waals surface area (Å²) in [7, 11) is -3.50. The molecule has 33 heavy (non-hydrogen) atoms. The number of carbonyl (C=O) groups excluding carboxylic acids is 2. The van der Waals surface area contributed by atoms with Gasteiger partial charge in [0.1, 0.15) is 0 Å². The smallest absolute Gasteiger partial charge is 0.243 e. The predicted octanol–water partition coefficient (Wildman–Crippen LogP) is 0.407. The SMILES string of the molecule is O=C(CCc1ccc(S(=O)(=O)N2CCOCC2)cc1)N1CCN(CC(=O)N2CCCC2)CC1. The van der Waals surface area contributed by atoms with Gasteiger partial charge in [-0.05, 0) is 37.0 Å². The number of amides is 2. The van der Waals surface area contributed by atoms with Crippen LogP contribution in [0.5, 0.6) is 0 Å². The van der Waals surface area contributed by atoms with Gasteiger partial charge in [-0.2, -0.15) is 4.31 Å². The van der Waals surface area contributed by atoms with Gasteiger partial charge in [0.05, 0.1) is 24.7 Å². The zero-order valence-corrected chi connectivity index (χ0v) is 20.0. The molecule has 0 atom stereocenters. The van der Waals surface area contributed by atoms with Crippen LogP contribution < -0.4 is 0 Å². The van der Waals surface area contributed by atoms with Gasteiger partial charge in [-0.3, -0.25) is 14.5 Å². The van der Waals surface area contributed by atoms with E-state index in [2.05, 4.69) is 4.90 Å². The van der Waals surface area contributed by atoms with Crippen LogP contribution in [0.2, 0.25) is 0 Å². The van der Waals surface area contributed by atoms with Gasteiger partial charge in [0.25, 0.3) is 0 Å². The van der Waals surface area contributed by atoms with E-state index >= 15 is 0 Å². The Morgan fingerprint density at radius 2 is 1.39 bits per heavy atom. The molecule has 0 spiro atoms. The Kier molecular flexibility index (Phi) is 8.00. The Morgan fingerprint density at radius 3 is 2.03 bits per heavy atom. The molecule has 1 aromatic rings. The van der Waals surface area contributed by atoms with Gasteiger partial charge >= 0.3 is 0 Å². The van der Waals surface area contributed by atoms with Crippen molar-refractivity contribution in [3.05, 3.63) is 29.8 Å². The van der Waals surface area contributed by atoms with Crippen molar-refractivity contribution in [3.63, 3.8) is 0 Å². The third kappa shape index (κ3) is 6.11. The van der Waals surface area contributed by atoms with E-state index in [0.717, 1.165) is 44.6 Å². The first kappa shape index (κ1) is 24.1. The molecule has 3 aliphatic heterocycles. The summed E-state index contributed by atoms with van der Waals surface area (Å²) in [6.07, 6.45) is 3.16. The molecule has 0 radical (unpaired) electrons. The maximum atomic E-state index is 12.7. The van der Waals surface area contributed by atoms with Gasteiger partial charge in [-0.15, -0.1) is 0 Å². The molecule has 0 aliphatic carbocycles. The third-order valence-corrected chi connectivity index (χ3v) is 8.61. The molecule has 0 unspecified atom stereocenters. The number of piperazine rings is 1. The van der Waals surface area contributed by atoms with E-state index in [9.17, 15) is 18.0 Å². The number of aryl methyl sites for hydroxylation is 1. The molecular weight excluding hydrogens is 444 g/mol. The van der Waals surface area contributed by atoms with Crippen LogP contribution in [0.15, 0.2) is 29.2 Å². The number of carbonyl (C=O) groups is 2. The molecule has 3 saturated heterocycles. The fraction of sp³-hybridized carbons (Fsp3) is 0.652. The van der Waals surface area contributed by atoms with Crippen molar-refractivity contribution in [1.82, 2.24) is 19.0 Å². The van der Waals surface area contributed by atoms with Gasteiger partial charge in [0.2, 0.25) is 21.8 Å². The van der Waals surface area contributed by atoms with Crippen LogP contribution >= 0.6 is 0 Å². The molecule has 1 aromatic carbocycles. The zero-order chi connectivity index (χ0) is 23.3. The quantitative estimate of drug-likeness (QED) is 0.564. The monoisotopic (exact) mass is 478 g/mol. The predicted molar refractivity (Wildman–Crippen MR) is 123 cm³/mol. The number of hydrogen-bond donors (Lipinski definition) is 0. The first-order valence-electron chi connectivity index (χ1n) is 11.9. The summed E-state index contributed by atoms with van der Waals surface area (Å²) < 4.78 is 32.1. The lowest BCUT2D eigenvalue weighted by Gasteiger charge is -2.35.